The number of carboxylic acids is 1. The molecule has 1 aliphatic rings. The van der Waals surface area contributed by atoms with Gasteiger partial charge in [0.05, 0.1) is 23.4 Å². The van der Waals surface area contributed by atoms with Crippen molar-refractivity contribution in [1.82, 2.24) is 15.2 Å². The number of hydrogen-bond acceptors (Lipinski definition) is 6. The standard InChI is InChI=1S/C32H38ClN3O5/c1-21-8-4-5-9-24(21)25-11-13-27(30(38)35-32(31(39)40)16-14-23(37)15-17-32)34-29(25)22-10-12-26(33)28(20-22)41-19-7-6-18-36(2)3/h4-5,8-13,20,23,37H,6-7,14-19H2,1-3H3,(H,35,38)(H,39,40). The zero-order chi connectivity index (χ0) is 29.6. The maximum Gasteiger partial charge on any atom is 0.329 e. The summed E-state index contributed by atoms with van der Waals surface area (Å²) in [5.74, 6) is -1.15. The predicted octanol–water partition coefficient (Wildman–Crippen LogP) is 5.59. The van der Waals surface area contributed by atoms with Crippen LogP contribution in [0.2, 0.25) is 5.02 Å². The minimum Gasteiger partial charge on any atom is -0.492 e. The summed E-state index contributed by atoms with van der Waals surface area (Å²) >= 11 is 6.48. The maximum absolute atomic E-state index is 13.4. The molecule has 0 spiro atoms. The average Bonchev–Trinajstić information content (AvgIpc) is 2.95. The van der Waals surface area contributed by atoms with E-state index in [2.05, 4.69) is 10.2 Å². The van der Waals surface area contributed by atoms with Crippen LogP contribution in [0.15, 0.2) is 54.6 Å². The Hall–Kier alpha value is -3.46. The number of carbonyl (C=O) groups excluding carboxylic acids is 1. The largest absolute Gasteiger partial charge is 0.492 e. The first-order chi connectivity index (χ1) is 19.6. The van der Waals surface area contributed by atoms with Crippen molar-refractivity contribution in [3.8, 4) is 28.1 Å². The molecule has 1 saturated carbocycles. The molecule has 1 heterocycles. The Balaban J connectivity index is 1.69. The Morgan fingerprint density at radius 3 is 2.49 bits per heavy atom. The number of nitrogens with one attached hydrogen (secondary N) is 1. The minimum absolute atomic E-state index is 0.102. The van der Waals surface area contributed by atoms with Gasteiger partial charge in [-0.15, -0.1) is 0 Å². The third-order valence-corrected chi connectivity index (χ3v) is 7.91. The maximum atomic E-state index is 13.4. The number of hydrogen-bond donors (Lipinski definition) is 3. The summed E-state index contributed by atoms with van der Waals surface area (Å²) in [5, 5.41) is 23.1. The summed E-state index contributed by atoms with van der Waals surface area (Å²) < 4.78 is 6.03. The van der Waals surface area contributed by atoms with Crippen molar-refractivity contribution in [3.63, 3.8) is 0 Å². The van der Waals surface area contributed by atoms with Crippen LogP contribution in [0.25, 0.3) is 22.4 Å². The molecule has 4 rings (SSSR count). The number of unbranched alkanes of at least 4 members (excludes halogenated alkanes) is 1. The van der Waals surface area contributed by atoms with E-state index >= 15 is 0 Å². The molecule has 1 aliphatic carbocycles. The number of carbonyl (C=O) groups is 2. The molecule has 0 radical (unpaired) electrons. The van der Waals surface area contributed by atoms with Crippen molar-refractivity contribution in [2.45, 2.75) is 57.1 Å². The molecule has 0 bridgehead atoms. The van der Waals surface area contributed by atoms with Gasteiger partial charge < -0.3 is 25.2 Å². The lowest BCUT2D eigenvalue weighted by atomic mass is 9.80. The lowest BCUT2D eigenvalue weighted by molar-refractivity contribution is -0.146. The highest BCUT2D eigenvalue weighted by Gasteiger charge is 2.43. The summed E-state index contributed by atoms with van der Waals surface area (Å²) in [6.07, 6.45) is 2.22. The van der Waals surface area contributed by atoms with Crippen LogP contribution in [0.4, 0.5) is 0 Å². The fourth-order valence-corrected chi connectivity index (χ4v) is 5.31. The quantitative estimate of drug-likeness (QED) is 0.254. The highest BCUT2D eigenvalue weighted by molar-refractivity contribution is 6.32. The molecule has 3 N–H and O–H groups in total. The first-order valence-electron chi connectivity index (χ1n) is 14.0. The van der Waals surface area contributed by atoms with E-state index in [-0.39, 0.29) is 18.5 Å². The molecule has 1 amide bonds. The SMILES string of the molecule is Cc1ccccc1-c1ccc(C(=O)NC2(C(=O)O)CCC(O)CC2)nc1-c1ccc(Cl)c(OCCCCN(C)C)c1. The molecule has 41 heavy (non-hydrogen) atoms. The van der Waals surface area contributed by atoms with E-state index in [0.717, 1.165) is 41.6 Å². The molecule has 1 fully saturated rings. The van der Waals surface area contributed by atoms with Gasteiger partial charge in [-0.25, -0.2) is 9.78 Å². The molecular formula is C32H38ClN3O5. The van der Waals surface area contributed by atoms with Gasteiger partial charge in [-0.1, -0.05) is 41.9 Å². The smallest absolute Gasteiger partial charge is 0.329 e. The average molecular weight is 580 g/mol. The van der Waals surface area contributed by atoms with Crippen LogP contribution in [0.1, 0.15) is 54.6 Å². The molecule has 8 nitrogen and oxygen atoms in total. The Bertz CT molecular complexity index is 1390. The second-order valence-corrected chi connectivity index (χ2v) is 11.4. The topological polar surface area (TPSA) is 112 Å². The van der Waals surface area contributed by atoms with Gasteiger partial charge in [-0.05, 0) is 101 Å². The van der Waals surface area contributed by atoms with Gasteiger partial charge in [0, 0.05) is 11.1 Å². The summed E-state index contributed by atoms with van der Waals surface area (Å²) in [7, 11) is 4.07. The number of aliphatic hydroxyl groups is 1. The fourth-order valence-electron chi connectivity index (χ4n) is 5.14. The van der Waals surface area contributed by atoms with Crippen LogP contribution in [-0.4, -0.2) is 70.9 Å². The number of aliphatic carboxylic acids is 1. The lowest BCUT2D eigenvalue weighted by Crippen LogP contribution is -2.57. The highest BCUT2D eigenvalue weighted by Crippen LogP contribution is 2.37. The molecule has 3 aromatic rings. The van der Waals surface area contributed by atoms with Gasteiger partial charge in [0.1, 0.15) is 17.0 Å². The van der Waals surface area contributed by atoms with Crippen molar-refractivity contribution < 1.29 is 24.5 Å². The van der Waals surface area contributed by atoms with Crippen molar-refractivity contribution in [2.24, 2.45) is 0 Å². The Morgan fingerprint density at radius 2 is 1.80 bits per heavy atom. The van der Waals surface area contributed by atoms with E-state index in [1.54, 1.807) is 12.1 Å². The van der Waals surface area contributed by atoms with Crippen LogP contribution >= 0.6 is 11.6 Å². The number of amides is 1. The van der Waals surface area contributed by atoms with Gasteiger partial charge in [0.15, 0.2) is 0 Å². The third-order valence-electron chi connectivity index (χ3n) is 7.60. The zero-order valence-corrected chi connectivity index (χ0v) is 24.6. The van der Waals surface area contributed by atoms with E-state index in [1.165, 1.54) is 0 Å². The van der Waals surface area contributed by atoms with Crippen molar-refractivity contribution in [1.29, 1.82) is 0 Å². The van der Waals surface area contributed by atoms with Crippen LogP contribution in [0.3, 0.4) is 0 Å². The minimum atomic E-state index is -1.44. The fraction of sp³-hybridized carbons (Fsp3) is 0.406. The second-order valence-electron chi connectivity index (χ2n) is 11.0. The molecule has 0 saturated heterocycles. The van der Waals surface area contributed by atoms with Gasteiger partial charge in [-0.2, -0.15) is 0 Å². The second kappa shape index (κ2) is 13.5. The van der Waals surface area contributed by atoms with Crippen molar-refractivity contribution >= 4 is 23.5 Å². The van der Waals surface area contributed by atoms with Gasteiger partial charge in [-0.3, -0.25) is 4.79 Å². The number of halogens is 1. The van der Waals surface area contributed by atoms with E-state index in [1.807, 2.05) is 63.5 Å². The number of aryl methyl sites for hydroxylation is 1. The van der Waals surface area contributed by atoms with Gasteiger partial charge >= 0.3 is 5.97 Å². The molecule has 9 heteroatoms. The number of carboxylic acid groups (broad SMARTS) is 1. The van der Waals surface area contributed by atoms with Crippen molar-refractivity contribution in [3.05, 3.63) is 70.9 Å². The number of nitrogens with zero attached hydrogens (tertiary/aromatic N) is 2. The van der Waals surface area contributed by atoms with E-state index in [0.29, 0.717) is 35.9 Å². The number of rotatable bonds is 11. The molecule has 218 valence electrons. The van der Waals surface area contributed by atoms with E-state index < -0.39 is 23.5 Å². The first-order valence-corrected chi connectivity index (χ1v) is 14.4. The Morgan fingerprint density at radius 1 is 1.07 bits per heavy atom. The van der Waals surface area contributed by atoms with Crippen LogP contribution in [0.5, 0.6) is 5.75 Å². The summed E-state index contributed by atoms with van der Waals surface area (Å²) in [4.78, 5) is 32.5. The first kappa shape index (κ1) is 30.5. The molecule has 0 atom stereocenters. The zero-order valence-electron chi connectivity index (χ0n) is 23.8. The highest BCUT2D eigenvalue weighted by atomic mass is 35.5. The molecule has 2 aromatic carbocycles. The Labute approximate surface area is 246 Å². The normalized spacial score (nSPS) is 18.7. The van der Waals surface area contributed by atoms with E-state index in [4.69, 9.17) is 21.3 Å². The van der Waals surface area contributed by atoms with Crippen molar-refractivity contribution in [2.75, 3.05) is 27.2 Å². The molecule has 0 unspecified atom stereocenters. The number of aromatic nitrogens is 1. The monoisotopic (exact) mass is 579 g/mol. The van der Waals surface area contributed by atoms with Crippen LogP contribution in [0, 0.1) is 6.92 Å². The molecule has 1 aromatic heterocycles. The summed E-state index contributed by atoms with van der Waals surface area (Å²) in [6.45, 7) is 3.50. The van der Waals surface area contributed by atoms with Gasteiger partial charge in [0.25, 0.3) is 5.91 Å². The number of benzene rings is 2. The predicted molar refractivity (Wildman–Crippen MR) is 160 cm³/mol. The third kappa shape index (κ3) is 7.44. The van der Waals surface area contributed by atoms with Crippen LogP contribution in [-0.2, 0) is 4.79 Å². The number of ether oxygens (including phenoxy) is 1. The number of pyridine rings is 1. The lowest BCUT2D eigenvalue weighted by Gasteiger charge is -2.35. The summed E-state index contributed by atoms with van der Waals surface area (Å²) in [6, 6.07) is 16.8. The van der Waals surface area contributed by atoms with Crippen LogP contribution < -0.4 is 10.1 Å². The Kier molecular flexibility index (Phi) is 10.0. The molecular weight excluding hydrogens is 542 g/mol. The van der Waals surface area contributed by atoms with E-state index in [9.17, 15) is 19.8 Å². The number of aliphatic hydroxyl groups excluding tert-OH is 1. The van der Waals surface area contributed by atoms with Gasteiger partial charge in [0.2, 0.25) is 0 Å². The summed E-state index contributed by atoms with van der Waals surface area (Å²) in [5.41, 5.74) is 2.78. The molecule has 0 aliphatic heterocycles.